The van der Waals surface area contributed by atoms with E-state index in [0.717, 1.165) is 6.42 Å². The van der Waals surface area contributed by atoms with Gasteiger partial charge in [0.15, 0.2) is 0 Å². The number of carbonyl (C=O) groups is 2. The first-order valence-corrected chi connectivity index (χ1v) is 8.63. The molecule has 2 amide bonds. The molecule has 23 heavy (non-hydrogen) atoms. The number of rotatable bonds is 4. The second-order valence-electron chi connectivity index (χ2n) is 7.28. The van der Waals surface area contributed by atoms with Crippen molar-refractivity contribution in [1.29, 1.82) is 0 Å². The van der Waals surface area contributed by atoms with Crippen molar-refractivity contribution in [2.45, 2.75) is 45.7 Å². The van der Waals surface area contributed by atoms with E-state index >= 15 is 0 Å². The fraction of sp³-hybridized carbons (Fsp3) is 0.579. The molecule has 4 atom stereocenters. The lowest BCUT2D eigenvalue weighted by Crippen LogP contribution is -2.39. The molecule has 3 rings (SSSR count). The molecule has 4 heteroatoms. The van der Waals surface area contributed by atoms with Crippen LogP contribution in [0.4, 0.5) is 0 Å². The van der Waals surface area contributed by atoms with Crippen LogP contribution in [0.25, 0.3) is 0 Å². The highest BCUT2D eigenvalue weighted by Gasteiger charge is 2.51. The number of likely N-dealkylation sites (tertiary alicyclic amines) is 1. The van der Waals surface area contributed by atoms with Gasteiger partial charge in [-0.25, -0.2) is 0 Å². The summed E-state index contributed by atoms with van der Waals surface area (Å²) in [5, 5.41) is 3.07. The minimum absolute atomic E-state index is 0.0220. The summed E-state index contributed by atoms with van der Waals surface area (Å²) in [5.41, 5.74) is 0.695. The van der Waals surface area contributed by atoms with Gasteiger partial charge in [0.05, 0.1) is 0 Å². The maximum atomic E-state index is 12.3. The van der Waals surface area contributed by atoms with Crippen LogP contribution in [0.1, 0.15) is 44.0 Å². The number of nitrogens with zero attached hydrogens (tertiary/aromatic N) is 1. The molecule has 124 valence electrons. The first-order valence-electron chi connectivity index (χ1n) is 8.63. The number of benzene rings is 1. The highest BCUT2D eigenvalue weighted by molar-refractivity contribution is 5.94. The molecule has 0 spiro atoms. The third kappa shape index (κ3) is 2.99. The fourth-order valence-electron chi connectivity index (χ4n) is 4.46. The van der Waals surface area contributed by atoms with Crippen LogP contribution in [-0.4, -0.2) is 35.3 Å². The third-order valence-corrected chi connectivity index (χ3v) is 5.53. The van der Waals surface area contributed by atoms with Gasteiger partial charge >= 0.3 is 0 Å². The summed E-state index contributed by atoms with van der Waals surface area (Å²) >= 11 is 0. The van der Waals surface area contributed by atoms with E-state index in [2.05, 4.69) is 31.0 Å². The van der Waals surface area contributed by atoms with Gasteiger partial charge in [0.25, 0.3) is 5.91 Å². The summed E-state index contributed by atoms with van der Waals surface area (Å²) in [6.45, 7) is 7.10. The monoisotopic (exact) mass is 314 g/mol. The van der Waals surface area contributed by atoms with Crippen molar-refractivity contribution in [2.24, 2.45) is 17.8 Å². The third-order valence-electron chi connectivity index (χ3n) is 5.53. The summed E-state index contributed by atoms with van der Waals surface area (Å²) in [6.07, 6.45) is 1.69. The number of carbonyl (C=O) groups excluding carboxylic acids is 2. The predicted octanol–water partition coefficient (Wildman–Crippen LogP) is 2.70. The molecule has 1 aromatic rings. The molecule has 0 radical (unpaired) electrons. The van der Waals surface area contributed by atoms with Gasteiger partial charge in [0, 0.05) is 30.6 Å². The maximum Gasteiger partial charge on any atom is 0.251 e. The molecule has 4 nitrogen and oxygen atoms in total. The summed E-state index contributed by atoms with van der Waals surface area (Å²) in [7, 11) is 0. The molecular formula is C19H26N2O2. The second kappa shape index (κ2) is 6.34. The average Bonchev–Trinajstić information content (AvgIpc) is 2.98. The van der Waals surface area contributed by atoms with Crippen molar-refractivity contribution in [2.75, 3.05) is 6.54 Å². The van der Waals surface area contributed by atoms with Crippen molar-refractivity contribution in [3.05, 3.63) is 35.9 Å². The highest BCUT2D eigenvalue weighted by atomic mass is 16.2. The fourth-order valence-corrected chi connectivity index (χ4v) is 4.46. The van der Waals surface area contributed by atoms with E-state index in [4.69, 9.17) is 0 Å². The van der Waals surface area contributed by atoms with Crippen molar-refractivity contribution in [3.63, 3.8) is 0 Å². The molecule has 0 unspecified atom stereocenters. The standard InChI is InChI=1S/C19H26N2O2/c1-12(2)21-17-9-13(3)16(15(17)10-18(21)22)11-20-19(23)14-7-5-4-6-8-14/h4-8,12-13,15-17H,9-11H2,1-3H3,(H,20,23)/t13-,15-,16+,17+/m0/s1. The molecule has 1 heterocycles. The maximum absolute atomic E-state index is 12.3. The molecular weight excluding hydrogens is 288 g/mol. The zero-order valence-electron chi connectivity index (χ0n) is 14.2. The quantitative estimate of drug-likeness (QED) is 0.929. The van der Waals surface area contributed by atoms with E-state index in [1.807, 2.05) is 30.3 Å². The number of hydrogen-bond donors (Lipinski definition) is 1. The molecule has 1 saturated heterocycles. The minimum atomic E-state index is -0.0220. The molecule has 0 bridgehead atoms. The van der Waals surface area contributed by atoms with Crippen LogP contribution >= 0.6 is 0 Å². The summed E-state index contributed by atoms with van der Waals surface area (Å²) < 4.78 is 0. The zero-order valence-corrected chi connectivity index (χ0v) is 14.2. The number of amides is 2. The lowest BCUT2D eigenvalue weighted by atomic mass is 9.88. The van der Waals surface area contributed by atoms with E-state index in [1.165, 1.54) is 0 Å². The lowest BCUT2D eigenvalue weighted by molar-refractivity contribution is -0.130. The predicted molar refractivity (Wildman–Crippen MR) is 89.9 cm³/mol. The summed E-state index contributed by atoms with van der Waals surface area (Å²) in [5.74, 6) is 1.57. The number of fused-ring (bicyclic) bond motifs is 1. The SMILES string of the molecule is CC(C)N1C(=O)C[C@H]2[C@H](CNC(=O)c3ccccc3)[C@@H](C)C[C@H]21. The molecule has 1 saturated carbocycles. The van der Waals surface area contributed by atoms with Crippen LogP contribution in [0.5, 0.6) is 0 Å². The van der Waals surface area contributed by atoms with Gasteiger partial charge in [0.2, 0.25) is 5.91 Å². The molecule has 1 aliphatic carbocycles. The topological polar surface area (TPSA) is 49.4 Å². The van der Waals surface area contributed by atoms with Crippen molar-refractivity contribution in [1.82, 2.24) is 10.2 Å². The Kier molecular flexibility index (Phi) is 4.42. The van der Waals surface area contributed by atoms with Crippen molar-refractivity contribution >= 4 is 11.8 Å². The molecule has 2 fully saturated rings. The summed E-state index contributed by atoms with van der Waals surface area (Å²) in [6, 6.07) is 9.94. The Morgan fingerprint density at radius 2 is 2.00 bits per heavy atom. The van der Waals surface area contributed by atoms with E-state index in [9.17, 15) is 9.59 Å². The van der Waals surface area contributed by atoms with Gasteiger partial charge in [-0.15, -0.1) is 0 Å². The van der Waals surface area contributed by atoms with Gasteiger partial charge in [-0.3, -0.25) is 9.59 Å². The Morgan fingerprint density at radius 3 is 2.65 bits per heavy atom. The Morgan fingerprint density at radius 1 is 1.30 bits per heavy atom. The van der Waals surface area contributed by atoms with Gasteiger partial charge in [-0.1, -0.05) is 25.1 Å². The van der Waals surface area contributed by atoms with Crippen LogP contribution in [0.15, 0.2) is 30.3 Å². The van der Waals surface area contributed by atoms with Crippen LogP contribution in [0.2, 0.25) is 0 Å². The second-order valence-corrected chi connectivity index (χ2v) is 7.28. The zero-order chi connectivity index (χ0) is 16.6. The van der Waals surface area contributed by atoms with E-state index < -0.39 is 0 Å². The molecule has 1 aliphatic heterocycles. The van der Waals surface area contributed by atoms with E-state index in [1.54, 1.807) is 0 Å². The van der Waals surface area contributed by atoms with Gasteiger partial charge in [-0.05, 0) is 50.2 Å². The Balaban J connectivity index is 1.65. The Hall–Kier alpha value is -1.84. The normalized spacial score (nSPS) is 29.9. The van der Waals surface area contributed by atoms with E-state index in [0.29, 0.717) is 42.3 Å². The molecule has 2 aliphatic rings. The largest absolute Gasteiger partial charge is 0.352 e. The van der Waals surface area contributed by atoms with Crippen molar-refractivity contribution in [3.8, 4) is 0 Å². The lowest BCUT2D eigenvalue weighted by Gasteiger charge is -2.28. The Labute approximate surface area is 138 Å². The van der Waals surface area contributed by atoms with Gasteiger partial charge < -0.3 is 10.2 Å². The first kappa shape index (κ1) is 16.0. The van der Waals surface area contributed by atoms with Crippen molar-refractivity contribution < 1.29 is 9.59 Å². The minimum Gasteiger partial charge on any atom is -0.352 e. The smallest absolute Gasteiger partial charge is 0.251 e. The van der Waals surface area contributed by atoms with Crippen LogP contribution in [0, 0.1) is 17.8 Å². The van der Waals surface area contributed by atoms with Gasteiger partial charge in [0.1, 0.15) is 0 Å². The highest BCUT2D eigenvalue weighted by Crippen LogP contribution is 2.46. The van der Waals surface area contributed by atoms with Crippen LogP contribution in [0.3, 0.4) is 0 Å². The number of hydrogen-bond acceptors (Lipinski definition) is 2. The molecule has 1 aromatic carbocycles. The molecule has 0 aromatic heterocycles. The number of nitrogens with one attached hydrogen (secondary N) is 1. The summed E-state index contributed by atoms with van der Waals surface area (Å²) in [4.78, 5) is 26.6. The average molecular weight is 314 g/mol. The van der Waals surface area contributed by atoms with E-state index in [-0.39, 0.29) is 17.9 Å². The van der Waals surface area contributed by atoms with Crippen LogP contribution in [-0.2, 0) is 4.79 Å². The van der Waals surface area contributed by atoms with Gasteiger partial charge in [-0.2, -0.15) is 0 Å². The first-order chi connectivity index (χ1) is 11.0. The van der Waals surface area contributed by atoms with Crippen LogP contribution < -0.4 is 5.32 Å². The Bertz CT molecular complexity index is 584. The molecule has 1 N–H and O–H groups in total.